The van der Waals surface area contributed by atoms with Gasteiger partial charge in [-0.05, 0) is 32.9 Å². The SMILES string of the molecule is CC1(C)CN(C(=O)CC2CNC2)CCO1. The first-order chi connectivity index (χ1) is 7.07. The molecule has 0 aromatic rings. The van der Waals surface area contributed by atoms with Crippen LogP contribution >= 0.6 is 0 Å². The van der Waals surface area contributed by atoms with Gasteiger partial charge in [-0.25, -0.2) is 0 Å². The fourth-order valence-electron chi connectivity index (χ4n) is 2.10. The van der Waals surface area contributed by atoms with Crippen molar-refractivity contribution in [1.82, 2.24) is 10.2 Å². The van der Waals surface area contributed by atoms with Crippen LogP contribution < -0.4 is 5.32 Å². The third-order valence-corrected chi connectivity index (χ3v) is 3.11. The number of ether oxygens (including phenoxy) is 1. The number of morpholine rings is 1. The van der Waals surface area contributed by atoms with E-state index in [-0.39, 0.29) is 11.5 Å². The molecule has 0 atom stereocenters. The standard InChI is InChI=1S/C11H20N2O2/c1-11(2)8-13(3-4-15-11)10(14)5-9-6-12-7-9/h9,12H,3-8H2,1-2H3. The van der Waals surface area contributed by atoms with Crippen molar-refractivity contribution in [1.29, 1.82) is 0 Å². The third kappa shape index (κ3) is 2.69. The lowest BCUT2D eigenvalue weighted by Gasteiger charge is -2.39. The summed E-state index contributed by atoms with van der Waals surface area (Å²) in [6, 6.07) is 0. The largest absolute Gasteiger partial charge is 0.372 e. The molecule has 4 heteroatoms. The Hall–Kier alpha value is -0.610. The number of hydrogen-bond acceptors (Lipinski definition) is 3. The molecule has 2 aliphatic heterocycles. The van der Waals surface area contributed by atoms with Gasteiger partial charge in [-0.3, -0.25) is 4.79 Å². The van der Waals surface area contributed by atoms with Crippen LogP contribution in [0.2, 0.25) is 0 Å². The number of nitrogens with zero attached hydrogens (tertiary/aromatic N) is 1. The molecule has 2 aliphatic rings. The van der Waals surface area contributed by atoms with E-state index in [9.17, 15) is 4.79 Å². The van der Waals surface area contributed by atoms with Gasteiger partial charge in [-0.1, -0.05) is 0 Å². The normalized spacial score (nSPS) is 26.1. The predicted molar refractivity (Wildman–Crippen MR) is 57.6 cm³/mol. The van der Waals surface area contributed by atoms with Gasteiger partial charge in [0, 0.05) is 19.5 Å². The van der Waals surface area contributed by atoms with E-state index in [2.05, 4.69) is 5.32 Å². The van der Waals surface area contributed by atoms with E-state index in [4.69, 9.17) is 4.74 Å². The maximum Gasteiger partial charge on any atom is 0.223 e. The molecule has 2 rings (SSSR count). The van der Waals surface area contributed by atoms with Crippen molar-refractivity contribution in [3.63, 3.8) is 0 Å². The summed E-state index contributed by atoms with van der Waals surface area (Å²) >= 11 is 0. The first kappa shape index (κ1) is 10.9. The average Bonchev–Trinajstić information content (AvgIpc) is 2.09. The van der Waals surface area contributed by atoms with Crippen LogP contribution in [0.4, 0.5) is 0 Å². The molecule has 0 saturated carbocycles. The van der Waals surface area contributed by atoms with Gasteiger partial charge in [0.05, 0.1) is 12.2 Å². The van der Waals surface area contributed by atoms with Crippen molar-refractivity contribution in [3.8, 4) is 0 Å². The summed E-state index contributed by atoms with van der Waals surface area (Å²) < 4.78 is 5.58. The lowest BCUT2D eigenvalue weighted by Crippen LogP contribution is -2.52. The molecule has 15 heavy (non-hydrogen) atoms. The number of hydrogen-bond donors (Lipinski definition) is 1. The van der Waals surface area contributed by atoms with Crippen molar-refractivity contribution in [3.05, 3.63) is 0 Å². The molecule has 0 unspecified atom stereocenters. The van der Waals surface area contributed by atoms with Gasteiger partial charge in [-0.15, -0.1) is 0 Å². The van der Waals surface area contributed by atoms with Crippen molar-refractivity contribution in [2.75, 3.05) is 32.8 Å². The quantitative estimate of drug-likeness (QED) is 0.712. The predicted octanol–water partition coefficient (Wildman–Crippen LogP) is 0.233. The molecule has 1 amide bonds. The molecule has 1 N–H and O–H groups in total. The Kier molecular flexibility index (Phi) is 2.98. The summed E-state index contributed by atoms with van der Waals surface area (Å²) in [6.07, 6.45) is 0.698. The molecule has 0 bridgehead atoms. The molecule has 0 aliphatic carbocycles. The lowest BCUT2D eigenvalue weighted by atomic mass is 9.98. The number of carbonyl (C=O) groups is 1. The van der Waals surface area contributed by atoms with E-state index in [0.29, 0.717) is 18.9 Å². The molecule has 0 spiro atoms. The lowest BCUT2D eigenvalue weighted by molar-refractivity contribution is -0.147. The fraction of sp³-hybridized carbons (Fsp3) is 0.909. The Morgan fingerprint density at radius 3 is 2.80 bits per heavy atom. The maximum absolute atomic E-state index is 11.9. The van der Waals surface area contributed by atoms with Crippen LogP contribution in [-0.2, 0) is 9.53 Å². The van der Waals surface area contributed by atoms with Gasteiger partial charge >= 0.3 is 0 Å². The van der Waals surface area contributed by atoms with Crippen LogP contribution in [0.3, 0.4) is 0 Å². The Labute approximate surface area is 91.0 Å². The summed E-state index contributed by atoms with van der Waals surface area (Å²) in [6.45, 7) is 8.23. The van der Waals surface area contributed by atoms with Gasteiger partial charge in [0.25, 0.3) is 0 Å². The molecular formula is C11H20N2O2. The number of carbonyl (C=O) groups excluding carboxylic acids is 1. The minimum Gasteiger partial charge on any atom is -0.372 e. The zero-order chi connectivity index (χ0) is 10.9. The Morgan fingerprint density at radius 2 is 2.27 bits per heavy atom. The molecule has 2 saturated heterocycles. The summed E-state index contributed by atoms with van der Waals surface area (Å²) in [5, 5.41) is 3.19. The van der Waals surface area contributed by atoms with Crippen molar-refractivity contribution < 1.29 is 9.53 Å². The van der Waals surface area contributed by atoms with Gasteiger partial charge in [0.2, 0.25) is 5.91 Å². The first-order valence-electron chi connectivity index (χ1n) is 5.69. The topological polar surface area (TPSA) is 41.6 Å². The van der Waals surface area contributed by atoms with Gasteiger partial charge < -0.3 is 15.0 Å². The molecule has 4 nitrogen and oxygen atoms in total. The van der Waals surface area contributed by atoms with E-state index in [1.54, 1.807) is 0 Å². The van der Waals surface area contributed by atoms with Crippen LogP contribution in [0.5, 0.6) is 0 Å². The van der Waals surface area contributed by atoms with Crippen LogP contribution in [0.15, 0.2) is 0 Å². The van der Waals surface area contributed by atoms with Crippen LogP contribution in [0.1, 0.15) is 20.3 Å². The van der Waals surface area contributed by atoms with Crippen LogP contribution in [0, 0.1) is 5.92 Å². The second-order valence-corrected chi connectivity index (χ2v) is 5.15. The average molecular weight is 212 g/mol. The number of nitrogens with one attached hydrogen (secondary N) is 1. The summed E-state index contributed by atoms with van der Waals surface area (Å²) in [5.41, 5.74) is -0.175. The van der Waals surface area contributed by atoms with E-state index in [1.807, 2.05) is 18.7 Å². The summed E-state index contributed by atoms with van der Waals surface area (Å²) in [4.78, 5) is 13.9. The van der Waals surface area contributed by atoms with E-state index < -0.39 is 0 Å². The number of amides is 1. The zero-order valence-corrected chi connectivity index (χ0v) is 9.58. The number of rotatable bonds is 2. The molecule has 0 radical (unpaired) electrons. The Bertz CT molecular complexity index is 249. The van der Waals surface area contributed by atoms with E-state index >= 15 is 0 Å². The Morgan fingerprint density at radius 1 is 1.53 bits per heavy atom. The third-order valence-electron chi connectivity index (χ3n) is 3.11. The molecule has 0 aromatic carbocycles. The molecular weight excluding hydrogens is 192 g/mol. The van der Waals surface area contributed by atoms with Crippen molar-refractivity contribution in [2.45, 2.75) is 25.9 Å². The highest BCUT2D eigenvalue weighted by Gasteiger charge is 2.31. The highest BCUT2D eigenvalue weighted by molar-refractivity contribution is 5.76. The molecule has 2 fully saturated rings. The molecule has 0 aromatic heterocycles. The monoisotopic (exact) mass is 212 g/mol. The second kappa shape index (κ2) is 4.10. The van der Waals surface area contributed by atoms with Gasteiger partial charge in [0.1, 0.15) is 0 Å². The fourth-order valence-corrected chi connectivity index (χ4v) is 2.10. The van der Waals surface area contributed by atoms with Crippen molar-refractivity contribution in [2.24, 2.45) is 5.92 Å². The van der Waals surface area contributed by atoms with Crippen LogP contribution in [-0.4, -0.2) is 49.2 Å². The zero-order valence-electron chi connectivity index (χ0n) is 9.58. The minimum absolute atomic E-state index is 0.175. The van der Waals surface area contributed by atoms with Crippen molar-refractivity contribution >= 4 is 5.91 Å². The molecule has 2 heterocycles. The van der Waals surface area contributed by atoms with E-state index in [0.717, 1.165) is 26.2 Å². The summed E-state index contributed by atoms with van der Waals surface area (Å²) in [5.74, 6) is 0.848. The summed E-state index contributed by atoms with van der Waals surface area (Å²) in [7, 11) is 0. The van der Waals surface area contributed by atoms with Gasteiger partial charge in [-0.2, -0.15) is 0 Å². The highest BCUT2D eigenvalue weighted by Crippen LogP contribution is 2.19. The molecule has 86 valence electrons. The first-order valence-corrected chi connectivity index (χ1v) is 5.69. The van der Waals surface area contributed by atoms with Crippen LogP contribution in [0.25, 0.3) is 0 Å². The van der Waals surface area contributed by atoms with E-state index in [1.165, 1.54) is 0 Å². The highest BCUT2D eigenvalue weighted by atomic mass is 16.5. The second-order valence-electron chi connectivity index (χ2n) is 5.15. The van der Waals surface area contributed by atoms with Gasteiger partial charge in [0.15, 0.2) is 0 Å². The smallest absolute Gasteiger partial charge is 0.223 e. The Balaban J connectivity index is 1.83. The maximum atomic E-state index is 11.9. The minimum atomic E-state index is -0.175.